The molecule has 8 nitrogen and oxygen atoms in total. The molecule has 0 aliphatic carbocycles. The SMILES string of the molecule is O=C(CNc1ncnc2c1cnn2CCO)N1CCCC1. The number of anilines is 1. The molecule has 21 heavy (non-hydrogen) atoms. The number of hydrogen-bond donors (Lipinski definition) is 2. The van der Waals surface area contributed by atoms with E-state index in [2.05, 4.69) is 20.4 Å². The van der Waals surface area contributed by atoms with Crippen molar-refractivity contribution in [1.29, 1.82) is 0 Å². The molecule has 2 aromatic rings. The van der Waals surface area contributed by atoms with Crippen LogP contribution in [0.4, 0.5) is 5.82 Å². The highest BCUT2D eigenvalue weighted by molar-refractivity contribution is 5.88. The van der Waals surface area contributed by atoms with E-state index in [1.807, 2.05) is 4.90 Å². The minimum Gasteiger partial charge on any atom is -0.394 e. The fourth-order valence-corrected chi connectivity index (χ4v) is 2.53. The molecule has 1 fully saturated rings. The third kappa shape index (κ3) is 2.80. The second-order valence-electron chi connectivity index (χ2n) is 4.99. The van der Waals surface area contributed by atoms with Gasteiger partial charge in [-0.2, -0.15) is 5.10 Å². The number of aliphatic hydroxyl groups is 1. The zero-order valence-electron chi connectivity index (χ0n) is 11.7. The summed E-state index contributed by atoms with van der Waals surface area (Å²) in [6.45, 7) is 2.28. The average molecular weight is 290 g/mol. The molecule has 0 radical (unpaired) electrons. The Bertz CT molecular complexity index is 635. The van der Waals surface area contributed by atoms with Crippen LogP contribution in [0.5, 0.6) is 0 Å². The highest BCUT2D eigenvalue weighted by Gasteiger charge is 2.18. The third-order valence-electron chi connectivity index (χ3n) is 3.61. The number of nitrogens with zero attached hydrogens (tertiary/aromatic N) is 5. The molecular weight excluding hydrogens is 272 g/mol. The number of aromatic nitrogens is 4. The molecule has 0 aromatic carbocycles. The summed E-state index contributed by atoms with van der Waals surface area (Å²) in [6.07, 6.45) is 5.24. The first-order valence-corrected chi connectivity index (χ1v) is 7.08. The predicted molar refractivity (Wildman–Crippen MR) is 76.7 cm³/mol. The van der Waals surface area contributed by atoms with Gasteiger partial charge in [-0.15, -0.1) is 0 Å². The van der Waals surface area contributed by atoms with E-state index < -0.39 is 0 Å². The number of aliphatic hydroxyl groups excluding tert-OH is 1. The van der Waals surface area contributed by atoms with Crippen molar-refractivity contribution < 1.29 is 9.90 Å². The lowest BCUT2D eigenvalue weighted by Crippen LogP contribution is -2.33. The van der Waals surface area contributed by atoms with Crippen LogP contribution in [-0.4, -0.2) is 61.9 Å². The monoisotopic (exact) mass is 290 g/mol. The van der Waals surface area contributed by atoms with Crippen LogP contribution in [0, 0.1) is 0 Å². The van der Waals surface area contributed by atoms with Gasteiger partial charge in [-0.3, -0.25) is 4.79 Å². The van der Waals surface area contributed by atoms with Crippen molar-refractivity contribution in [2.75, 3.05) is 31.6 Å². The van der Waals surface area contributed by atoms with Gasteiger partial charge < -0.3 is 15.3 Å². The van der Waals surface area contributed by atoms with Crippen LogP contribution in [0.1, 0.15) is 12.8 Å². The number of nitrogens with one attached hydrogen (secondary N) is 1. The van der Waals surface area contributed by atoms with Gasteiger partial charge in [0.25, 0.3) is 0 Å². The van der Waals surface area contributed by atoms with E-state index >= 15 is 0 Å². The summed E-state index contributed by atoms with van der Waals surface area (Å²) in [5.41, 5.74) is 0.648. The van der Waals surface area contributed by atoms with E-state index in [4.69, 9.17) is 5.11 Å². The number of amides is 1. The van der Waals surface area contributed by atoms with Gasteiger partial charge in [0.1, 0.15) is 12.1 Å². The summed E-state index contributed by atoms with van der Waals surface area (Å²) in [5, 5.41) is 17.0. The number of hydrogen-bond acceptors (Lipinski definition) is 6. The topological polar surface area (TPSA) is 96.2 Å². The van der Waals surface area contributed by atoms with Gasteiger partial charge in [0.2, 0.25) is 5.91 Å². The fourth-order valence-electron chi connectivity index (χ4n) is 2.53. The highest BCUT2D eigenvalue weighted by atomic mass is 16.3. The van der Waals surface area contributed by atoms with Crippen LogP contribution in [0.25, 0.3) is 11.0 Å². The van der Waals surface area contributed by atoms with Gasteiger partial charge in [0, 0.05) is 13.1 Å². The Kier molecular flexibility index (Phi) is 3.96. The van der Waals surface area contributed by atoms with E-state index in [1.54, 1.807) is 10.9 Å². The summed E-state index contributed by atoms with van der Waals surface area (Å²) >= 11 is 0. The highest BCUT2D eigenvalue weighted by Crippen LogP contribution is 2.18. The van der Waals surface area contributed by atoms with E-state index in [9.17, 15) is 4.79 Å². The van der Waals surface area contributed by atoms with Crippen LogP contribution < -0.4 is 5.32 Å². The minimum atomic E-state index is -0.00299. The van der Waals surface area contributed by atoms with Crippen molar-refractivity contribution >= 4 is 22.8 Å². The first-order valence-electron chi connectivity index (χ1n) is 7.08. The van der Waals surface area contributed by atoms with Gasteiger partial charge in [-0.05, 0) is 12.8 Å². The Hall–Kier alpha value is -2.22. The van der Waals surface area contributed by atoms with Gasteiger partial charge >= 0.3 is 0 Å². The summed E-state index contributed by atoms with van der Waals surface area (Å²) in [7, 11) is 0. The number of fused-ring (bicyclic) bond motifs is 1. The average Bonchev–Trinajstić information content (AvgIpc) is 3.15. The second-order valence-corrected chi connectivity index (χ2v) is 4.99. The Morgan fingerprint density at radius 1 is 1.33 bits per heavy atom. The van der Waals surface area contributed by atoms with Crippen LogP contribution in [-0.2, 0) is 11.3 Å². The molecular formula is C13H18N6O2. The van der Waals surface area contributed by atoms with Crippen molar-refractivity contribution in [1.82, 2.24) is 24.6 Å². The molecule has 0 atom stereocenters. The Balaban J connectivity index is 1.73. The largest absolute Gasteiger partial charge is 0.394 e. The fraction of sp³-hybridized carbons (Fsp3) is 0.538. The molecule has 3 rings (SSSR count). The quantitative estimate of drug-likeness (QED) is 0.795. The van der Waals surface area contributed by atoms with Gasteiger partial charge in [-0.1, -0.05) is 0 Å². The maximum atomic E-state index is 12.0. The Morgan fingerprint density at radius 2 is 2.14 bits per heavy atom. The van der Waals surface area contributed by atoms with Crippen LogP contribution in [0.2, 0.25) is 0 Å². The molecule has 0 saturated carbocycles. The molecule has 2 aromatic heterocycles. The van der Waals surface area contributed by atoms with Crippen molar-refractivity contribution in [3.05, 3.63) is 12.5 Å². The molecule has 1 aliphatic heterocycles. The Labute approximate surface area is 121 Å². The van der Waals surface area contributed by atoms with Crippen LogP contribution in [0.3, 0.4) is 0 Å². The van der Waals surface area contributed by atoms with Crippen molar-refractivity contribution in [2.24, 2.45) is 0 Å². The first-order chi connectivity index (χ1) is 10.3. The van der Waals surface area contributed by atoms with E-state index in [-0.39, 0.29) is 19.1 Å². The van der Waals surface area contributed by atoms with E-state index in [0.717, 1.165) is 31.3 Å². The maximum absolute atomic E-state index is 12.0. The normalized spacial score (nSPS) is 14.8. The van der Waals surface area contributed by atoms with Crippen LogP contribution >= 0.6 is 0 Å². The Morgan fingerprint density at radius 3 is 2.90 bits per heavy atom. The van der Waals surface area contributed by atoms with Gasteiger partial charge in [0.15, 0.2) is 5.65 Å². The molecule has 3 heterocycles. The zero-order valence-corrected chi connectivity index (χ0v) is 11.7. The smallest absolute Gasteiger partial charge is 0.241 e. The lowest BCUT2D eigenvalue weighted by molar-refractivity contribution is -0.128. The lowest BCUT2D eigenvalue weighted by atomic mass is 10.4. The van der Waals surface area contributed by atoms with Crippen LogP contribution in [0.15, 0.2) is 12.5 Å². The van der Waals surface area contributed by atoms with E-state index in [1.165, 1.54) is 6.33 Å². The molecule has 0 bridgehead atoms. The molecule has 112 valence electrons. The molecule has 1 amide bonds. The van der Waals surface area contributed by atoms with Crippen molar-refractivity contribution in [3.8, 4) is 0 Å². The first kappa shape index (κ1) is 13.7. The molecule has 2 N–H and O–H groups in total. The lowest BCUT2D eigenvalue weighted by Gasteiger charge is -2.15. The summed E-state index contributed by atoms with van der Waals surface area (Å²) in [4.78, 5) is 22.2. The van der Waals surface area contributed by atoms with Crippen molar-refractivity contribution in [3.63, 3.8) is 0 Å². The van der Waals surface area contributed by atoms with Crippen molar-refractivity contribution in [2.45, 2.75) is 19.4 Å². The molecule has 0 spiro atoms. The number of rotatable bonds is 5. The second kappa shape index (κ2) is 6.04. The molecule has 0 unspecified atom stereocenters. The predicted octanol–water partition coefficient (Wildman–Crippen LogP) is -0.147. The zero-order chi connectivity index (χ0) is 14.7. The third-order valence-corrected chi connectivity index (χ3v) is 3.61. The molecule has 1 saturated heterocycles. The molecule has 1 aliphatic rings. The molecule has 8 heteroatoms. The standard InChI is InChI=1S/C13H18N6O2/c20-6-5-19-13-10(7-17-19)12(15-9-16-13)14-8-11(21)18-3-1-2-4-18/h7,9,20H,1-6,8H2,(H,14,15,16). The summed E-state index contributed by atoms with van der Waals surface area (Å²) in [6, 6.07) is 0. The van der Waals surface area contributed by atoms with Gasteiger partial charge in [-0.25, -0.2) is 14.6 Å². The van der Waals surface area contributed by atoms with Gasteiger partial charge in [0.05, 0.1) is 31.3 Å². The minimum absolute atomic E-state index is 0.00299. The maximum Gasteiger partial charge on any atom is 0.241 e. The number of carbonyl (C=O) groups is 1. The van der Waals surface area contributed by atoms with E-state index in [0.29, 0.717) is 18.0 Å². The summed E-state index contributed by atoms with van der Waals surface area (Å²) in [5.74, 6) is 0.679. The number of likely N-dealkylation sites (tertiary alicyclic amines) is 1. The number of carbonyl (C=O) groups excluding carboxylic acids is 1. The summed E-state index contributed by atoms with van der Waals surface area (Å²) < 4.78 is 1.62.